The first-order valence-corrected chi connectivity index (χ1v) is 39.8. The Morgan fingerprint density at radius 3 is 1.02 bits per heavy atom. The SMILES string of the molecule is CCC(C)C(=O)OC(C)(C)C.CCC(C)c1ccc(O)cc1.CCC(C)c1ccc(O)cc1.CCC(C)c1ccc(O)cc1.CCC(C)c1ccc(OC(C)OCCCc2ccc(C3CCCCC3)cc2)cc1.CCC(C)c1ccc(OC(C)OCCc2ccccc2)cc1.CCC(C)c1ccccc1. The van der Waals surface area contributed by atoms with Crippen LogP contribution < -0.4 is 9.47 Å². The fourth-order valence-electron chi connectivity index (χ4n) is 11.3. The van der Waals surface area contributed by atoms with Crippen LogP contribution in [0, 0.1) is 5.92 Å². The minimum Gasteiger partial charge on any atom is -0.508 e. The van der Waals surface area contributed by atoms with Crippen LogP contribution in [-0.4, -0.2) is 52.7 Å². The second kappa shape index (κ2) is 52.2. The normalized spacial score (nSPS) is 14.4. The van der Waals surface area contributed by atoms with Crippen LogP contribution >= 0.6 is 0 Å². The van der Waals surface area contributed by atoms with Gasteiger partial charge in [0.2, 0.25) is 0 Å². The molecule has 9 unspecified atom stereocenters. The molecular formula is C96H138O9. The molecule has 9 rings (SSSR count). The number of aryl methyl sites for hydroxylation is 1. The lowest BCUT2D eigenvalue weighted by atomic mass is 9.84. The second-order valence-electron chi connectivity index (χ2n) is 29.6. The van der Waals surface area contributed by atoms with Crippen LogP contribution in [-0.2, 0) is 31.8 Å². The lowest BCUT2D eigenvalue weighted by Gasteiger charge is -2.22. The largest absolute Gasteiger partial charge is 0.508 e. The summed E-state index contributed by atoms with van der Waals surface area (Å²) in [7, 11) is 0. The number of aromatic hydroxyl groups is 3. The van der Waals surface area contributed by atoms with Crippen molar-refractivity contribution in [1.82, 2.24) is 0 Å². The monoisotopic (exact) mass is 1440 g/mol. The molecule has 0 amide bonds. The molecule has 1 aliphatic carbocycles. The highest BCUT2D eigenvalue weighted by molar-refractivity contribution is 5.72. The highest BCUT2D eigenvalue weighted by atomic mass is 16.7. The van der Waals surface area contributed by atoms with Gasteiger partial charge < -0.3 is 39.0 Å². The summed E-state index contributed by atoms with van der Waals surface area (Å²) in [6.45, 7) is 41.3. The number of phenols is 3. The van der Waals surface area contributed by atoms with Gasteiger partial charge in [-0.3, -0.25) is 4.79 Å². The maximum Gasteiger partial charge on any atom is 0.309 e. The maximum absolute atomic E-state index is 11.2. The summed E-state index contributed by atoms with van der Waals surface area (Å²) in [5.74, 6) is 7.16. The Morgan fingerprint density at radius 1 is 0.371 bits per heavy atom. The summed E-state index contributed by atoms with van der Waals surface area (Å²) < 4.78 is 28.4. The van der Waals surface area contributed by atoms with Crippen LogP contribution in [0.3, 0.4) is 0 Å². The van der Waals surface area contributed by atoms with Gasteiger partial charge in [-0.15, -0.1) is 0 Å². The number of esters is 1. The predicted molar refractivity (Wildman–Crippen MR) is 444 cm³/mol. The van der Waals surface area contributed by atoms with E-state index in [1.165, 1.54) is 88.6 Å². The molecule has 9 atom stereocenters. The summed E-state index contributed by atoms with van der Waals surface area (Å²) >= 11 is 0. The molecule has 576 valence electrons. The van der Waals surface area contributed by atoms with Gasteiger partial charge in [-0.1, -0.05) is 262 Å². The topological polar surface area (TPSA) is 124 Å². The number of ether oxygens (including phenoxy) is 5. The molecule has 3 N–H and O–H groups in total. The van der Waals surface area contributed by atoms with Crippen molar-refractivity contribution in [3.05, 3.63) is 256 Å². The minimum absolute atomic E-state index is 0.0224. The van der Waals surface area contributed by atoms with Crippen LogP contribution in [0.1, 0.15) is 307 Å². The van der Waals surface area contributed by atoms with Gasteiger partial charge in [0, 0.05) is 0 Å². The summed E-state index contributed by atoms with van der Waals surface area (Å²) in [4.78, 5) is 11.2. The van der Waals surface area contributed by atoms with Crippen molar-refractivity contribution in [2.75, 3.05) is 13.2 Å². The molecule has 0 radical (unpaired) electrons. The number of rotatable bonds is 28. The van der Waals surface area contributed by atoms with Crippen molar-refractivity contribution in [3.63, 3.8) is 0 Å². The Hall–Kier alpha value is -7.85. The van der Waals surface area contributed by atoms with Crippen molar-refractivity contribution >= 4 is 5.97 Å². The Kier molecular flexibility index (Phi) is 45.4. The van der Waals surface area contributed by atoms with Crippen molar-refractivity contribution in [2.24, 2.45) is 5.92 Å². The lowest BCUT2D eigenvalue weighted by molar-refractivity contribution is -0.159. The summed E-state index contributed by atoms with van der Waals surface area (Å²) in [5.41, 5.74) is 11.9. The third-order valence-electron chi connectivity index (χ3n) is 20.0. The van der Waals surface area contributed by atoms with Crippen LogP contribution in [0.2, 0.25) is 0 Å². The number of carbonyl (C=O) groups is 1. The zero-order valence-corrected chi connectivity index (χ0v) is 68.2. The molecule has 0 aromatic heterocycles. The first-order chi connectivity index (χ1) is 50.3. The zero-order valence-electron chi connectivity index (χ0n) is 68.2. The van der Waals surface area contributed by atoms with Gasteiger partial charge >= 0.3 is 5.97 Å². The highest BCUT2D eigenvalue weighted by Gasteiger charge is 2.20. The van der Waals surface area contributed by atoms with Crippen LogP contribution in [0.25, 0.3) is 0 Å². The third kappa shape index (κ3) is 38.8. The molecule has 0 spiro atoms. The van der Waals surface area contributed by atoms with Crippen LogP contribution in [0.4, 0.5) is 0 Å². The molecule has 1 fully saturated rings. The molecule has 9 nitrogen and oxygen atoms in total. The lowest BCUT2D eigenvalue weighted by Crippen LogP contribution is -2.27. The van der Waals surface area contributed by atoms with E-state index in [-0.39, 0.29) is 30.1 Å². The van der Waals surface area contributed by atoms with Crippen molar-refractivity contribution in [2.45, 2.75) is 287 Å². The van der Waals surface area contributed by atoms with Gasteiger partial charge in [-0.05, 0) is 264 Å². The summed E-state index contributed by atoms with van der Waals surface area (Å²) in [5, 5.41) is 27.0. The fourth-order valence-corrected chi connectivity index (χ4v) is 11.3. The molecule has 8 aromatic rings. The van der Waals surface area contributed by atoms with Gasteiger partial charge in [0.15, 0.2) is 12.6 Å². The van der Waals surface area contributed by atoms with Gasteiger partial charge in [0.1, 0.15) is 34.3 Å². The standard InChI is InChI=1S/C27H38O2.C20H26O2.3C10H14O.C10H14.C9H18O2/c1-4-21(2)24-16-18-27(19-17-24)29-22(3)28-20-8-9-23-12-14-26(15-13-23)25-10-6-5-7-11-25;1-4-16(2)19-10-12-20(13-11-19)22-17(3)21-15-14-18-8-6-5-7-9-18;3*1-3-8(2)9-4-6-10(11)7-5-9;1-3-9(2)10-7-5-4-6-8-10;1-6-7(2)8(10)11-9(3,4)5/h12-19,21-22,25H,4-11,20H2,1-3H3;5-13,16-17H,4,14-15H2,1-3H3;3*4-8,11H,3H2,1-2H3;4-9H,3H2,1-2H3;7H,6H2,1-5H3. The van der Waals surface area contributed by atoms with E-state index in [1.54, 1.807) is 36.4 Å². The van der Waals surface area contributed by atoms with E-state index in [2.05, 4.69) is 186 Å². The van der Waals surface area contributed by atoms with E-state index in [0.29, 0.717) is 59.4 Å². The molecule has 0 bridgehead atoms. The van der Waals surface area contributed by atoms with Crippen LogP contribution in [0.5, 0.6) is 28.7 Å². The van der Waals surface area contributed by atoms with E-state index in [9.17, 15) is 4.79 Å². The van der Waals surface area contributed by atoms with Crippen molar-refractivity contribution < 1.29 is 43.8 Å². The molecule has 0 saturated heterocycles. The Labute approximate surface area is 637 Å². The smallest absolute Gasteiger partial charge is 0.309 e. The highest BCUT2D eigenvalue weighted by Crippen LogP contribution is 2.33. The van der Waals surface area contributed by atoms with Gasteiger partial charge in [-0.25, -0.2) is 0 Å². The van der Waals surface area contributed by atoms with Crippen LogP contribution in [0.15, 0.2) is 206 Å². The Balaban J connectivity index is 0.000000334. The fraction of sp³-hybridized carbons (Fsp3) is 0.490. The second-order valence-corrected chi connectivity index (χ2v) is 29.6. The molecule has 9 heteroatoms. The Bertz CT molecular complexity index is 3290. The van der Waals surface area contributed by atoms with Gasteiger partial charge in [0.25, 0.3) is 0 Å². The number of benzene rings is 8. The minimum atomic E-state index is -0.347. The zero-order chi connectivity index (χ0) is 77.5. The quantitative estimate of drug-likeness (QED) is 0.0250. The first kappa shape index (κ1) is 91.4. The van der Waals surface area contributed by atoms with Gasteiger partial charge in [-0.2, -0.15) is 0 Å². The van der Waals surface area contributed by atoms with E-state index in [1.807, 2.05) is 115 Å². The summed E-state index contributed by atoms with van der Waals surface area (Å²) in [6, 6.07) is 69.3. The van der Waals surface area contributed by atoms with E-state index < -0.39 is 0 Å². The average Bonchev–Trinajstić information content (AvgIpc) is 1.06. The third-order valence-corrected chi connectivity index (χ3v) is 20.0. The molecule has 105 heavy (non-hydrogen) atoms. The van der Waals surface area contributed by atoms with E-state index in [4.69, 9.17) is 39.0 Å². The van der Waals surface area contributed by atoms with Crippen molar-refractivity contribution in [1.29, 1.82) is 0 Å². The number of phenolic OH excluding ortho intramolecular Hbond substituents is 3. The van der Waals surface area contributed by atoms with E-state index >= 15 is 0 Å². The molecular weight excluding hydrogens is 1300 g/mol. The predicted octanol–water partition coefficient (Wildman–Crippen LogP) is 27.1. The number of hydrogen-bond donors (Lipinski definition) is 3. The van der Waals surface area contributed by atoms with Crippen molar-refractivity contribution in [3.8, 4) is 28.7 Å². The molecule has 1 saturated carbocycles. The maximum atomic E-state index is 11.2. The molecule has 0 aliphatic heterocycles. The van der Waals surface area contributed by atoms with Gasteiger partial charge in [0.05, 0.1) is 19.1 Å². The molecule has 0 heterocycles. The molecule has 1 aliphatic rings. The number of hydrogen-bond acceptors (Lipinski definition) is 9. The Morgan fingerprint density at radius 2 is 0.686 bits per heavy atom. The first-order valence-electron chi connectivity index (χ1n) is 39.8. The molecule has 8 aromatic carbocycles. The number of carbonyl (C=O) groups excluding carboxylic acids is 1. The average molecular weight is 1440 g/mol. The summed E-state index contributed by atoms with van der Waals surface area (Å²) in [6.07, 6.45) is 17.3. The van der Waals surface area contributed by atoms with E-state index in [0.717, 1.165) is 81.8 Å².